The van der Waals surface area contributed by atoms with Crippen LogP contribution in [0, 0.1) is 11.3 Å². The van der Waals surface area contributed by atoms with Gasteiger partial charge in [-0.1, -0.05) is 42.8 Å². The van der Waals surface area contributed by atoms with Gasteiger partial charge in [0.1, 0.15) is 0 Å². The Morgan fingerprint density at radius 3 is 2.58 bits per heavy atom. The molecule has 1 unspecified atom stereocenters. The number of carbonyl (C=O) groups is 2. The van der Waals surface area contributed by atoms with E-state index in [1.54, 1.807) is 24.3 Å². The minimum absolute atomic E-state index is 0.134. The van der Waals surface area contributed by atoms with Gasteiger partial charge in [-0.2, -0.15) is 5.26 Å². The number of anilines is 1. The minimum atomic E-state index is -0.681. The predicted octanol–water partition coefficient (Wildman–Crippen LogP) is 3.28. The lowest BCUT2D eigenvalue weighted by atomic mass is 9.99. The Bertz CT molecular complexity index is 837. The number of benzene rings is 2. The Balaban J connectivity index is 1.64. The number of nitriles is 1. The third-order valence-electron chi connectivity index (χ3n) is 4.63. The number of nitrogens with one attached hydrogen (secondary N) is 2. The van der Waals surface area contributed by atoms with Gasteiger partial charge in [-0.15, -0.1) is 0 Å². The monoisotopic (exact) mass is 347 g/mol. The van der Waals surface area contributed by atoms with Gasteiger partial charge in [0, 0.05) is 5.69 Å². The van der Waals surface area contributed by atoms with Crippen molar-refractivity contribution in [3.63, 3.8) is 0 Å². The molecule has 1 atom stereocenters. The van der Waals surface area contributed by atoms with Crippen LogP contribution in [0.15, 0.2) is 48.5 Å². The number of rotatable bonds is 3. The molecule has 1 aliphatic carbocycles. The van der Waals surface area contributed by atoms with Crippen LogP contribution >= 0.6 is 0 Å². The lowest BCUT2D eigenvalue weighted by Crippen LogP contribution is -2.37. The normalized spacial score (nSPS) is 15.9. The van der Waals surface area contributed by atoms with Crippen LogP contribution in [0.3, 0.4) is 0 Å². The van der Waals surface area contributed by atoms with Gasteiger partial charge < -0.3 is 10.6 Å². The maximum atomic E-state index is 12.3. The topological polar surface area (TPSA) is 82.0 Å². The molecular weight excluding hydrogens is 326 g/mol. The summed E-state index contributed by atoms with van der Waals surface area (Å²) >= 11 is 0. The molecule has 0 aromatic heterocycles. The average Bonchev–Trinajstić information content (AvgIpc) is 2.86. The lowest BCUT2D eigenvalue weighted by Gasteiger charge is -2.19. The summed E-state index contributed by atoms with van der Waals surface area (Å²) in [5, 5.41) is 14.2. The summed E-state index contributed by atoms with van der Waals surface area (Å²) in [5.41, 5.74) is 3.74. The van der Waals surface area contributed by atoms with Crippen LogP contribution in [0.25, 0.3) is 0 Å². The Morgan fingerprint density at radius 1 is 1.04 bits per heavy atom. The molecule has 2 aromatic rings. The van der Waals surface area contributed by atoms with Crippen molar-refractivity contribution in [2.24, 2.45) is 0 Å². The molecule has 2 aromatic carbocycles. The first-order valence-electron chi connectivity index (χ1n) is 8.83. The fraction of sp³-hybridized carbons (Fsp3) is 0.286. The zero-order valence-electron chi connectivity index (χ0n) is 14.5. The molecule has 26 heavy (non-hydrogen) atoms. The summed E-state index contributed by atoms with van der Waals surface area (Å²) in [4.78, 5) is 24.6. The van der Waals surface area contributed by atoms with Gasteiger partial charge in [-0.25, -0.2) is 0 Å². The smallest absolute Gasteiger partial charge is 0.313 e. The van der Waals surface area contributed by atoms with Gasteiger partial charge in [0.05, 0.1) is 18.5 Å². The van der Waals surface area contributed by atoms with Crippen LogP contribution in [0.4, 0.5) is 5.69 Å². The third-order valence-corrected chi connectivity index (χ3v) is 4.63. The number of hydrogen-bond acceptors (Lipinski definition) is 3. The van der Waals surface area contributed by atoms with Gasteiger partial charge in [0.2, 0.25) is 0 Å². The highest BCUT2D eigenvalue weighted by molar-refractivity contribution is 6.39. The van der Waals surface area contributed by atoms with E-state index in [1.807, 2.05) is 18.2 Å². The molecule has 0 saturated carbocycles. The zero-order valence-corrected chi connectivity index (χ0v) is 14.5. The van der Waals surface area contributed by atoms with E-state index < -0.39 is 11.8 Å². The predicted molar refractivity (Wildman–Crippen MR) is 99.3 cm³/mol. The molecule has 0 saturated heterocycles. The third kappa shape index (κ3) is 4.28. The molecule has 1 aliphatic rings. The largest absolute Gasteiger partial charge is 0.341 e. The molecule has 0 spiro atoms. The molecular formula is C21H21N3O2. The number of amides is 2. The SMILES string of the molecule is N#CCc1ccc(NC(=O)C(=O)NC2CCCCc3ccccc32)cc1. The van der Waals surface area contributed by atoms with E-state index in [-0.39, 0.29) is 6.04 Å². The molecule has 5 heteroatoms. The highest BCUT2D eigenvalue weighted by atomic mass is 16.2. The summed E-state index contributed by atoms with van der Waals surface area (Å²) in [6.07, 6.45) is 4.25. The molecule has 2 amide bonds. The first kappa shape index (κ1) is 17.7. The molecule has 0 radical (unpaired) electrons. The van der Waals surface area contributed by atoms with E-state index in [9.17, 15) is 9.59 Å². The van der Waals surface area contributed by atoms with E-state index in [1.165, 1.54) is 5.56 Å². The van der Waals surface area contributed by atoms with Crippen molar-refractivity contribution in [2.45, 2.75) is 38.1 Å². The Morgan fingerprint density at radius 2 is 1.81 bits per heavy atom. The Hall–Kier alpha value is -3.13. The van der Waals surface area contributed by atoms with E-state index >= 15 is 0 Å². The summed E-state index contributed by atoms with van der Waals surface area (Å²) in [6, 6.07) is 16.9. The van der Waals surface area contributed by atoms with Gasteiger partial charge in [0.15, 0.2) is 0 Å². The molecule has 5 nitrogen and oxygen atoms in total. The second-order valence-corrected chi connectivity index (χ2v) is 6.46. The van der Waals surface area contributed by atoms with E-state index in [4.69, 9.17) is 5.26 Å². The molecule has 2 N–H and O–H groups in total. The highest BCUT2D eigenvalue weighted by Crippen LogP contribution is 2.28. The van der Waals surface area contributed by atoms with Crippen molar-refractivity contribution in [1.29, 1.82) is 5.26 Å². The lowest BCUT2D eigenvalue weighted by molar-refractivity contribution is -0.136. The van der Waals surface area contributed by atoms with Gasteiger partial charge >= 0.3 is 11.8 Å². The van der Waals surface area contributed by atoms with Crippen LogP contribution < -0.4 is 10.6 Å². The van der Waals surface area contributed by atoms with Crippen molar-refractivity contribution in [3.05, 3.63) is 65.2 Å². The number of carbonyl (C=O) groups excluding carboxylic acids is 2. The fourth-order valence-electron chi connectivity index (χ4n) is 3.28. The van der Waals surface area contributed by atoms with Crippen LogP contribution in [-0.4, -0.2) is 11.8 Å². The van der Waals surface area contributed by atoms with Crippen molar-refractivity contribution in [2.75, 3.05) is 5.32 Å². The molecule has 3 rings (SSSR count). The standard InChI is InChI=1S/C21H21N3O2/c22-14-13-15-9-11-17(12-10-15)23-20(25)21(26)24-19-8-4-2-6-16-5-1-3-7-18(16)19/h1,3,5,7,9-12,19H,2,4,6,8,13H2,(H,23,25)(H,24,26). The maximum Gasteiger partial charge on any atom is 0.313 e. The van der Waals surface area contributed by atoms with Crippen molar-refractivity contribution >= 4 is 17.5 Å². The van der Waals surface area contributed by atoms with Gasteiger partial charge in [0.25, 0.3) is 0 Å². The van der Waals surface area contributed by atoms with Crippen LogP contribution in [-0.2, 0) is 22.4 Å². The van der Waals surface area contributed by atoms with E-state index in [0.717, 1.165) is 36.8 Å². The van der Waals surface area contributed by atoms with Gasteiger partial charge in [-0.3, -0.25) is 9.59 Å². The Kier molecular flexibility index (Phi) is 5.65. The van der Waals surface area contributed by atoms with Crippen molar-refractivity contribution in [3.8, 4) is 6.07 Å². The second kappa shape index (κ2) is 8.30. The van der Waals surface area contributed by atoms with Crippen LogP contribution in [0.5, 0.6) is 0 Å². The van der Waals surface area contributed by atoms with Crippen molar-refractivity contribution < 1.29 is 9.59 Å². The first-order valence-corrected chi connectivity index (χ1v) is 8.83. The summed E-state index contributed by atoms with van der Waals surface area (Å²) in [6.45, 7) is 0. The second-order valence-electron chi connectivity index (χ2n) is 6.46. The van der Waals surface area contributed by atoms with Gasteiger partial charge in [-0.05, 0) is 48.1 Å². The number of hydrogen-bond donors (Lipinski definition) is 2. The number of aryl methyl sites for hydroxylation is 1. The number of nitrogens with zero attached hydrogens (tertiary/aromatic N) is 1. The maximum absolute atomic E-state index is 12.3. The fourth-order valence-corrected chi connectivity index (χ4v) is 3.28. The minimum Gasteiger partial charge on any atom is -0.341 e. The van der Waals surface area contributed by atoms with Crippen LogP contribution in [0.1, 0.15) is 42.0 Å². The average molecular weight is 347 g/mol. The first-order chi connectivity index (χ1) is 12.7. The summed E-state index contributed by atoms with van der Waals surface area (Å²) < 4.78 is 0. The number of fused-ring (bicyclic) bond motifs is 1. The quantitative estimate of drug-likeness (QED) is 0.660. The summed E-state index contributed by atoms with van der Waals surface area (Å²) in [5.74, 6) is -1.31. The highest BCUT2D eigenvalue weighted by Gasteiger charge is 2.23. The molecule has 0 heterocycles. The Labute approximate surface area is 153 Å². The zero-order chi connectivity index (χ0) is 18.4. The van der Waals surface area contributed by atoms with E-state index in [2.05, 4.69) is 22.8 Å². The molecule has 0 aliphatic heterocycles. The summed E-state index contributed by atoms with van der Waals surface area (Å²) in [7, 11) is 0. The molecule has 0 bridgehead atoms. The van der Waals surface area contributed by atoms with Crippen molar-refractivity contribution in [1.82, 2.24) is 5.32 Å². The van der Waals surface area contributed by atoms with E-state index in [0.29, 0.717) is 12.1 Å². The molecule has 0 fully saturated rings. The molecule has 132 valence electrons. The van der Waals surface area contributed by atoms with Crippen LogP contribution in [0.2, 0.25) is 0 Å².